The molecule has 2 rings (SSSR count). The number of hydrogen-bond acceptors (Lipinski definition) is 4. The van der Waals surface area contributed by atoms with Crippen LogP contribution in [0.3, 0.4) is 0 Å². The van der Waals surface area contributed by atoms with E-state index in [2.05, 4.69) is 17.2 Å². The lowest BCUT2D eigenvalue weighted by molar-refractivity contribution is 0.503. The number of aromatic amines is 1. The Hall–Kier alpha value is -1.72. The van der Waals surface area contributed by atoms with E-state index in [0.717, 1.165) is 25.7 Å². The van der Waals surface area contributed by atoms with E-state index in [9.17, 15) is 9.59 Å². The molecule has 0 aliphatic heterocycles. The van der Waals surface area contributed by atoms with Crippen molar-refractivity contribution in [3.05, 3.63) is 20.8 Å². The van der Waals surface area contributed by atoms with E-state index in [1.807, 2.05) is 13.8 Å². The van der Waals surface area contributed by atoms with Gasteiger partial charge >= 0.3 is 5.69 Å². The van der Waals surface area contributed by atoms with Crippen LogP contribution >= 0.6 is 0 Å². The first-order valence-electron chi connectivity index (χ1n) is 7.23. The largest absolute Gasteiger partial charge is 0.383 e. The van der Waals surface area contributed by atoms with Crippen molar-refractivity contribution in [1.82, 2.24) is 9.55 Å². The molecule has 0 spiro atoms. The molecule has 1 aliphatic rings. The minimum atomic E-state index is -0.441. The molecule has 0 aromatic carbocycles. The molecule has 0 radical (unpaired) electrons. The third-order valence-corrected chi connectivity index (χ3v) is 3.92. The van der Waals surface area contributed by atoms with Crippen LogP contribution in [0.5, 0.6) is 0 Å². The molecule has 0 saturated heterocycles. The fourth-order valence-corrected chi connectivity index (χ4v) is 2.84. The number of nitrogens with two attached hydrogens (primary N) is 1. The second kappa shape index (κ2) is 5.34. The predicted octanol–water partition coefficient (Wildman–Crippen LogP) is 1.52. The maximum absolute atomic E-state index is 12.0. The zero-order chi connectivity index (χ0) is 14.9. The van der Waals surface area contributed by atoms with Gasteiger partial charge in [-0.25, -0.2) is 4.79 Å². The number of anilines is 2. The minimum absolute atomic E-state index is 0.110. The predicted molar refractivity (Wildman–Crippen MR) is 81.1 cm³/mol. The zero-order valence-electron chi connectivity index (χ0n) is 12.5. The molecule has 1 heterocycles. The van der Waals surface area contributed by atoms with E-state index in [1.54, 1.807) is 0 Å². The molecule has 0 amide bonds. The SMILES string of the molecule is CC(C)Cn1c(N)c(NC2(C)CCCC2)c(=O)[nH]c1=O. The first kappa shape index (κ1) is 14.7. The number of H-pyrrole nitrogens is 1. The lowest BCUT2D eigenvalue weighted by Crippen LogP contribution is -2.39. The van der Waals surface area contributed by atoms with Crippen molar-refractivity contribution in [3.63, 3.8) is 0 Å². The Bertz CT molecular complexity index is 594. The second-order valence-electron chi connectivity index (χ2n) is 6.42. The highest BCUT2D eigenvalue weighted by Crippen LogP contribution is 2.32. The van der Waals surface area contributed by atoms with Crippen LogP contribution in [0.1, 0.15) is 46.5 Å². The van der Waals surface area contributed by atoms with E-state index in [1.165, 1.54) is 4.57 Å². The first-order chi connectivity index (χ1) is 9.32. The molecule has 112 valence electrons. The molecule has 0 bridgehead atoms. The number of nitrogens with one attached hydrogen (secondary N) is 2. The van der Waals surface area contributed by atoms with Crippen molar-refractivity contribution >= 4 is 11.5 Å². The highest BCUT2D eigenvalue weighted by molar-refractivity contribution is 5.61. The molecular weight excluding hydrogens is 256 g/mol. The summed E-state index contributed by atoms with van der Waals surface area (Å²) in [4.78, 5) is 26.2. The molecule has 1 aromatic heterocycles. The maximum atomic E-state index is 12.0. The third kappa shape index (κ3) is 2.89. The Labute approximate surface area is 118 Å². The number of nitrogen functional groups attached to an aromatic ring is 1. The van der Waals surface area contributed by atoms with E-state index >= 15 is 0 Å². The highest BCUT2D eigenvalue weighted by atomic mass is 16.2. The number of hydrogen-bond donors (Lipinski definition) is 3. The average Bonchev–Trinajstić information content (AvgIpc) is 2.77. The molecular formula is C14H24N4O2. The topological polar surface area (TPSA) is 92.9 Å². The zero-order valence-corrected chi connectivity index (χ0v) is 12.5. The van der Waals surface area contributed by atoms with Gasteiger partial charge in [0.05, 0.1) is 0 Å². The van der Waals surface area contributed by atoms with Crippen LogP contribution in [0.2, 0.25) is 0 Å². The van der Waals surface area contributed by atoms with Crippen LogP contribution < -0.4 is 22.3 Å². The van der Waals surface area contributed by atoms with E-state index in [4.69, 9.17) is 5.73 Å². The molecule has 0 unspecified atom stereocenters. The quantitative estimate of drug-likeness (QED) is 0.779. The van der Waals surface area contributed by atoms with Gasteiger partial charge in [-0.3, -0.25) is 14.3 Å². The summed E-state index contributed by atoms with van der Waals surface area (Å²) < 4.78 is 1.44. The monoisotopic (exact) mass is 280 g/mol. The van der Waals surface area contributed by atoms with Crippen LogP contribution in [-0.2, 0) is 6.54 Å². The van der Waals surface area contributed by atoms with Crippen molar-refractivity contribution < 1.29 is 0 Å². The van der Waals surface area contributed by atoms with E-state index in [0.29, 0.717) is 12.2 Å². The summed E-state index contributed by atoms with van der Waals surface area (Å²) in [5.74, 6) is 0.511. The number of nitrogens with zero attached hydrogens (tertiary/aromatic N) is 1. The van der Waals surface area contributed by atoms with Gasteiger partial charge in [-0.05, 0) is 25.7 Å². The summed E-state index contributed by atoms with van der Waals surface area (Å²) in [6.45, 7) is 6.59. The van der Waals surface area contributed by atoms with Gasteiger partial charge in [0.15, 0.2) is 0 Å². The van der Waals surface area contributed by atoms with Crippen LogP contribution in [-0.4, -0.2) is 15.1 Å². The van der Waals surface area contributed by atoms with Gasteiger partial charge in [0.1, 0.15) is 11.5 Å². The van der Waals surface area contributed by atoms with Gasteiger partial charge in [0.2, 0.25) is 0 Å². The summed E-state index contributed by atoms with van der Waals surface area (Å²) in [5.41, 5.74) is 5.40. The standard InChI is InChI=1S/C14H24N4O2/c1-9(2)8-18-11(15)10(12(19)16-13(18)20)17-14(3)6-4-5-7-14/h9,17H,4-8,15H2,1-3H3,(H,16,19,20). The van der Waals surface area contributed by atoms with Gasteiger partial charge in [-0.15, -0.1) is 0 Å². The summed E-state index contributed by atoms with van der Waals surface area (Å²) >= 11 is 0. The van der Waals surface area contributed by atoms with Crippen LogP contribution in [0.4, 0.5) is 11.5 Å². The van der Waals surface area contributed by atoms with Crippen molar-refractivity contribution in [2.24, 2.45) is 5.92 Å². The molecule has 6 nitrogen and oxygen atoms in total. The Kier molecular flexibility index (Phi) is 3.92. The molecule has 20 heavy (non-hydrogen) atoms. The number of aromatic nitrogens is 2. The van der Waals surface area contributed by atoms with Gasteiger partial charge in [0.25, 0.3) is 5.56 Å². The van der Waals surface area contributed by atoms with Crippen molar-refractivity contribution in [2.75, 3.05) is 11.1 Å². The van der Waals surface area contributed by atoms with Gasteiger partial charge in [-0.1, -0.05) is 26.7 Å². The Balaban J connectivity index is 2.42. The molecule has 1 fully saturated rings. The smallest absolute Gasteiger partial charge is 0.330 e. The third-order valence-electron chi connectivity index (χ3n) is 3.92. The van der Waals surface area contributed by atoms with Crippen molar-refractivity contribution in [3.8, 4) is 0 Å². The lowest BCUT2D eigenvalue weighted by Gasteiger charge is -2.27. The molecule has 4 N–H and O–H groups in total. The average molecular weight is 280 g/mol. The van der Waals surface area contributed by atoms with Gasteiger partial charge in [0, 0.05) is 12.1 Å². The molecule has 1 aliphatic carbocycles. The molecule has 0 atom stereocenters. The fraction of sp³-hybridized carbons (Fsp3) is 0.714. The van der Waals surface area contributed by atoms with E-state index in [-0.39, 0.29) is 17.3 Å². The van der Waals surface area contributed by atoms with Gasteiger partial charge in [-0.2, -0.15) is 0 Å². The summed E-state index contributed by atoms with van der Waals surface area (Å²) in [6.07, 6.45) is 4.31. The molecule has 6 heteroatoms. The number of rotatable bonds is 4. The second-order valence-corrected chi connectivity index (χ2v) is 6.42. The fourth-order valence-electron chi connectivity index (χ4n) is 2.84. The Morgan fingerprint density at radius 1 is 1.35 bits per heavy atom. The first-order valence-corrected chi connectivity index (χ1v) is 7.23. The maximum Gasteiger partial charge on any atom is 0.330 e. The Morgan fingerprint density at radius 3 is 2.50 bits per heavy atom. The molecule has 1 saturated carbocycles. The lowest BCUT2D eigenvalue weighted by atomic mass is 10.0. The summed E-state index contributed by atoms with van der Waals surface area (Å²) in [6, 6.07) is 0. The minimum Gasteiger partial charge on any atom is -0.383 e. The van der Waals surface area contributed by atoms with Crippen molar-refractivity contribution in [2.45, 2.75) is 58.5 Å². The van der Waals surface area contributed by atoms with Crippen LogP contribution in [0.25, 0.3) is 0 Å². The normalized spacial score (nSPS) is 17.6. The van der Waals surface area contributed by atoms with Gasteiger partial charge < -0.3 is 11.1 Å². The summed E-state index contributed by atoms with van der Waals surface area (Å²) in [7, 11) is 0. The Morgan fingerprint density at radius 2 is 1.95 bits per heavy atom. The van der Waals surface area contributed by atoms with E-state index < -0.39 is 11.2 Å². The van der Waals surface area contributed by atoms with Crippen LogP contribution in [0, 0.1) is 5.92 Å². The highest BCUT2D eigenvalue weighted by Gasteiger charge is 2.30. The summed E-state index contributed by atoms with van der Waals surface area (Å²) in [5, 5.41) is 3.27. The molecule has 1 aromatic rings. The van der Waals surface area contributed by atoms with Crippen molar-refractivity contribution in [1.29, 1.82) is 0 Å². The van der Waals surface area contributed by atoms with Crippen LogP contribution in [0.15, 0.2) is 9.59 Å².